The molecule has 0 saturated heterocycles. The number of unbranched alkanes of at least 4 members (excludes halogenated alkanes) is 12. The Morgan fingerprint density at radius 2 is 1.17 bits per heavy atom. The molecule has 0 aliphatic heterocycles. The minimum Gasteiger partial charge on any atom is -0.481 e. The van der Waals surface area contributed by atoms with Crippen molar-refractivity contribution in [2.75, 3.05) is 91.9 Å². The normalized spacial score (nSPS) is 11.0. The first kappa shape index (κ1) is 71.0. The highest BCUT2D eigenvalue weighted by atomic mass is 32.1. The minimum absolute atomic E-state index is 0.0253. The van der Waals surface area contributed by atoms with Gasteiger partial charge in [0.25, 0.3) is 0 Å². The van der Waals surface area contributed by atoms with Gasteiger partial charge in [-0.3, -0.25) is 14.4 Å². The highest BCUT2D eigenvalue weighted by Gasteiger charge is 2.11. The van der Waals surface area contributed by atoms with Crippen molar-refractivity contribution >= 4 is 44.7 Å². The number of carboxylic acid groups (broad SMARTS) is 1. The number of rotatable bonds is 44. The Morgan fingerprint density at radius 1 is 0.677 bits per heavy atom. The molecule has 0 saturated carbocycles. The largest absolute Gasteiger partial charge is 0.481 e. The van der Waals surface area contributed by atoms with Gasteiger partial charge in [-0.25, -0.2) is 0 Å². The number of aliphatic hydroxyl groups is 1. The minimum atomic E-state index is -0.688. The zero-order valence-electron chi connectivity index (χ0n) is 40.9. The van der Waals surface area contributed by atoms with Crippen LogP contribution in [-0.2, 0) is 38.1 Å². The molecule has 2 amide bonds. The fourth-order valence-corrected chi connectivity index (χ4v) is 5.51. The van der Waals surface area contributed by atoms with E-state index in [1.54, 1.807) is 6.08 Å². The molecule has 0 bridgehead atoms. The summed E-state index contributed by atoms with van der Waals surface area (Å²) in [6, 6.07) is -0.472. The Balaban J connectivity index is -0.000000361. The maximum absolute atomic E-state index is 12.0. The number of carbonyl (C=O) groups is 4. The van der Waals surface area contributed by atoms with Crippen molar-refractivity contribution in [3.8, 4) is 0 Å². The molecule has 0 aliphatic rings. The van der Waals surface area contributed by atoms with Crippen LogP contribution in [0.2, 0.25) is 0 Å². The highest BCUT2D eigenvalue weighted by molar-refractivity contribution is 7.80. The summed E-state index contributed by atoms with van der Waals surface area (Å²) in [5.41, 5.74) is 0.926. The van der Waals surface area contributed by atoms with Crippen LogP contribution in [0.3, 0.4) is 0 Å². The SMILES string of the molecule is C=C.C=C.C=CCOCCOCCNC(=O)CC[C@@H](CO)NC(=C)CCCCCCCCCCCCCCC(=O)O.CCS.[B]NC(C=O)CCCCNC(=O)COCCOCCNC. The molecule has 2 radical (unpaired) electrons. The molecule has 1 unspecified atom stereocenters. The van der Waals surface area contributed by atoms with Gasteiger partial charge in [0.05, 0.1) is 58.9 Å². The van der Waals surface area contributed by atoms with Crippen LogP contribution >= 0.6 is 12.6 Å². The molecule has 15 nitrogen and oxygen atoms in total. The predicted octanol–water partition coefficient (Wildman–Crippen LogP) is 6.42. The van der Waals surface area contributed by atoms with Crippen molar-refractivity contribution in [3.05, 3.63) is 51.2 Å². The van der Waals surface area contributed by atoms with Crippen molar-refractivity contribution in [1.29, 1.82) is 0 Å². The summed E-state index contributed by atoms with van der Waals surface area (Å²) in [5, 5.41) is 32.5. The summed E-state index contributed by atoms with van der Waals surface area (Å²) in [6.45, 7) is 26.9. The van der Waals surface area contributed by atoms with Crippen LogP contribution in [0.4, 0.5) is 0 Å². The lowest BCUT2D eigenvalue weighted by atomic mass is 10.0. The third kappa shape index (κ3) is 67.7. The number of thiol groups is 1. The van der Waals surface area contributed by atoms with Gasteiger partial charge in [-0.2, -0.15) is 12.6 Å². The van der Waals surface area contributed by atoms with Gasteiger partial charge in [0, 0.05) is 44.2 Å². The first-order chi connectivity index (χ1) is 31.6. The first-order valence-corrected chi connectivity index (χ1v) is 24.2. The summed E-state index contributed by atoms with van der Waals surface area (Å²) in [4.78, 5) is 44.4. The van der Waals surface area contributed by atoms with Gasteiger partial charge in [-0.15, -0.1) is 32.9 Å². The molecule has 17 heteroatoms. The number of aliphatic carboxylic acids is 1. The van der Waals surface area contributed by atoms with E-state index in [0.717, 1.165) is 69.2 Å². The van der Waals surface area contributed by atoms with Crippen molar-refractivity contribution in [1.82, 2.24) is 26.5 Å². The zero-order valence-corrected chi connectivity index (χ0v) is 41.8. The highest BCUT2D eigenvalue weighted by Crippen LogP contribution is 2.14. The van der Waals surface area contributed by atoms with Gasteiger partial charge in [-0.05, 0) is 57.7 Å². The van der Waals surface area contributed by atoms with Crippen LogP contribution < -0.4 is 26.5 Å². The van der Waals surface area contributed by atoms with Crippen molar-refractivity contribution in [3.63, 3.8) is 0 Å². The lowest BCUT2D eigenvalue weighted by molar-refractivity contribution is -0.137. The third-order valence-electron chi connectivity index (χ3n) is 8.89. The first-order valence-electron chi connectivity index (χ1n) is 23.5. The Labute approximate surface area is 402 Å². The van der Waals surface area contributed by atoms with Gasteiger partial charge in [-0.1, -0.05) is 83.8 Å². The van der Waals surface area contributed by atoms with Crippen LogP contribution in [0, 0.1) is 0 Å². The number of nitrogens with one attached hydrogen (secondary N) is 5. The zero-order chi connectivity index (χ0) is 49.9. The predicted molar refractivity (Wildman–Crippen MR) is 273 cm³/mol. The monoisotopic (exact) mass is 944 g/mol. The van der Waals surface area contributed by atoms with E-state index in [1.165, 1.54) is 51.4 Å². The molecule has 0 spiro atoms. The number of hydrogen-bond donors (Lipinski definition) is 8. The van der Waals surface area contributed by atoms with Crippen LogP contribution in [0.5, 0.6) is 0 Å². The van der Waals surface area contributed by atoms with E-state index in [9.17, 15) is 24.3 Å². The number of ether oxygens (including phenoxy) is 4. The number of amides is 2. The molecule has 0 fully saturated rings. The molecule has 0 heterocycles. The molecule has 0 aromatic carbocycles. The number of allylic oxidation sites excluding steroid dienone is 1. The lowest BCUT2D eigenvalue weighted by Gasteiger charge is -2.19. The summed E-state index contributed by atoms with van der Waals surface area (Å²) in [7, 11) is 7.03. The summed E-state index contributed by atoms with van der Waals surface area (Å²) >= 11 is 3.79. The van der Waals surface area contributed by atoms with Gasteiger partial charge in [0.2, 0.25) is 11.8 Å². The average Bonchev–Trinajstić information content (AvgIpc) is 3.31. The van der Waals surface area contributed by atoms with Crippen LogP contribution in [0.15, 0.2) is 51.2 Å². The van der Waals surface area contributed by atoms with E-state index in [-0.39, 0.29) is 37.1 Å². The number of hydrogen-bond acceptors (Lipinski definition) is 13. The van der Waals surface area contributed by atoms with Gasteiger partial charge in [0.15, 0.2) is 7.98 Å². The molecule has 0 rings (SSSR count). The smallest absolute Gasteiger partial charge is 0.303 e. The summed E-state index contributed by atoms with van der Waals surface area (Å²) in [5.74, 6) is 0.0643. The molecule has 2 atom stereocenters. The molecular formula is C48H94BN5O10S. The Hall–Kier alpha value is -3.03. The van der Waals surface area contributed by atoms with E-state index in [2.05, 4.69) is 78.6 Å². The molecule has 7 N–H and O–H groups in total. The van der Waals surface area contributed by atoms with Gasteiger partial charge < -0.3 is 60.4 Å². The van der Waals surface area contributed by atoms with Crippen molar-refractivity contribution < 1.29 is 48.3 Å². The van der Waals surface area contributed by atoms with Crippen molar-refractivity contribution in [2.24, 2.45) is 0 Å². The second kappa shape index (κ2) is 65.3. The van der Waals surface area contributed by atoms with Crippen LogP contribution in [-0.4, -0.2) is 146 Å². The Bertz CT molecular complexity index is 1050. The van der Waals surface area contributed by atoms with Crippen molar-refractivity contribution in [2.45, 2.75) is 141 Å². The third-order valence-corrected chi connectivity index (χ3v) is 8.89. The maximum atomic E-state index is 12.0. The summed E-state index contributed by atoms with van der Waals surface area (Å²) < 4.78 is 21.0. The van der Waals surface area contributed by atoms with E-state index in [0.29, 0.717) is 85.0 Å². The second-order valence-corrected chi connectivity index (χ2v) is 15.1. The molecule has 0 aliphatic carbocycles. The summed E-state index contributed by atoms with van der Waals surface area (Å²) in [6.07, 6.45) is 20.9. The lowest BCUT2D eigenvalue weighted by Crippen LogP contribution is -2.34. The number of aliphatic hydroxyl groups excluding tert-OH is 1. The van der Waals surface area contributed by atoms with Crippen LogP contribution in [0.1, 0.15) is 129 Å². The number of likely N-dealkylation sites (N-methyl/N-ethyl adjacent to an activating group) is 1. The average molecular weight is 944 g/mol. The van der Waals surface area contributed by atoms with Gasteiger partial charge >= 0.3 is 5.97 Å². The quantitative estimate of drug-likeness (QED) is 0.0109. The van der Waals surface area contributed by atoms with E-state index >= 15 is 0 Å². The Morgan fingerprint density at radius 3 is 1.66 bits per heavy atom. The van der Waals surface area contributed by atoms with Crippen LogP contribution in [0.25, 0.3) is 0 Å². The molecule has 65 heavy (non-hydrogen) atoms. The fraction of sp³-hybridized carbons (Fsp3) is 0.750. The molecule has 0 aromatic rings. The molecule has 0 aromatic heterocycles. The number of carbonyl (C=O) groups excluding carboxylic acids is 3. The molecular weight excluding hydrogens is 849 g/mol. The van der Waals surface area contributed by atoms with E-state index in [1.807, 2.05) is 14.0 Å². The topological polar surface area (TPSA) is 206 Å². The van der Waals surface area contributed by atoms with E-state index < -0.39 is 5.97 Å². The Kier molecular flexibility index (Phi) is 71.3. The maximum Gasteiger partial charge on any atom is 0.303 e. The standard InChI is InChI=1S/C29H54N2O6.C13H26BN3O4.C2H6S.2C2H4/c1-3-21-36-23-24-37-22-20-30-28(33)19-18-27(25-32)31-26(2)16-14-12-10-8-6-4-5-7-9-11-13-15-17-29(34)35;1-15-6-7-20-8-9-21-11-13(19)16-5-3-2-4-12(10-18)17-14;1-2-3;2*1-2/h3,27,31-32H,1-2,4-25H2,(H,30,33)(H,34,35);10,12,15,17H,2-9,11H2,1H3,(H,16,19);3H,2H2,1H3;2*1-2H2/t27-;;;;/m0..../s1. The van der Waals surface area contributed by atoms with Gasteiger partial charge in [0.1, 0.15) is 12.9 Å². The molecule has 380 valence electrons. The fourth-order valence-electron chi connectivity index (χ4n) is 5.51. The second-order valence-electron chi connectivity index (χ2n) is 14.5. The number of carboxylic acids is 1. The van der Waals surface area contributed by atoms with E-state index in [4.69, 9.17) is 32.0 Å². The number of aldehydes is 1.